The van der Waals surface area contributed by atoms with E-state index < -0.39 is 0 Å². The Labute approximate surface area is 72.8 Å². The van der Waals surface area contributed by atoms with E-state index in [-0.39, 0.29) is 0 Å². The molecule has 0 fully saturated rings. The summed E-state index contributed by atoms with van der Waals surface area (Å²) in [6.07, 6.45) is 0. The Morgan fingerprint density at radius 2 is 2.33 bits per heavy atom. The summed E-state index contributed by atoms with van der Waals surface area (Å²) in [5.41, 5.74) is 6.41. The van der Waals surface area contributed by atoms with Gasteiger partial charge in [0.2, 0.25) is 0 Å². The zero-order chi connectivity index (χ0) is 9.14. The fourth-order valence-electron chi connectivity index (χ4n) is 1.13. The summed E-state index contributed by atoms with van der Waals surface area (Å²) in [4.78, 5) is 0. The van der Waals surface area contributed by atoms with E-state index in [0.29, 0.717) is 12.6 Å². The fourth-order valence-corrected chi connectivity index (χ4v) is 1.13. The van der Waals surface area contributed by atoms with Gasteiger partial charge in [-0.25, -0.2) is 4.68 Å². The Kier molecular flexibility index (Phi) is 2.70. The van der Waals surface area contributed by atoms with Gasteiger partial charge in [-0.3, -0.25) is 0 Å². The van der Waals surface area contributed by atoms with Gasteiger partial charge >= 0.3 is 0 Å². The standard InChI is InChI=1S/C8H16N4/c1-6(2)12-8(10-3)4-7(5-9)11-12/h4,6,10H,5,9H2,1-3H3. The summed E-state index contributed by atoms with van der Waals surface area (Å²) in [6.45, 7) is 4.68. The number of hydrogen-bond donors (Lipinski definition) is 2. The highest BCUT2D eigenvalue weighted by atomic mass is 15.3. The molecule has 0 spiro atoms. The zero-order valence-corrected chi connectivity index (χ0v) is 7.83. The van der Waals surface area contributed by atoms with Crippen LogP contribution in [0.15, 0.2) is 6.07 Å². The highest BCUT2D eigenvalue weighted by Crippen LogP contribution is 2.14. The number of nitrogens with zero attached hydrogens (tertiary/aromatic N) is 2. The monoisotopic (exact) mass is 168 g/mol. The molecule has 0 saturated carbocycles. The molecule has 1 aromatic rings. The highest BCUT2D eigenvalue weighted by Gasteiger charge is 2.07. The first-order chi connectivity index (χ1) is 5.69. The number of anilines is 1. The first-order valence-electron chi connectivity index (χ1n) is 4.15. The van der Waals surface area contributed by atoms with E-state index in [1.807, 2.05) is 17.8 Å². The predicted octanol–water partition coefficient (Wildman–Crippen LogP) is 0.964. The molecule has 4 heteroatoms. The van der Waals surface area contributed by atoms with Crippen LogP contribution in [0.25, 0.3) is 0 Å². The molecule has 0 aliphatic rings. The third kappa shape index (κ3) is 1.58. The Balaban J connectivity index is 3.00. The molecule has 0 unspecified atom stereocenters. The van der Waals surface area contributed by atoms with Crippen LogP contribution in [0.1, 0.15) is 25.6 Å². The molecule has 0 saturated heterocycles. The van der Waals surface area contributed by atoms with E-state index >= 15 is 0 Å². The lowest BCUT2D eigenvalue weighted by Gasteiger charge is -2.09. The van der Waals surface area contributed by atoms with Gasteiger partial charge in [0.15, 0.2) is 0 Å². The van der Waals surface area contributed by atoms with E-state index in [1.165, 1.54) is 0 Å². The molecule has 4 nitrogen and oxygen atoms in total. The summed E-state index contributed by atoms with van der Waals surface area (Å²) in [5.74, 6) is 1.02. The van der Waals surface area contributed by atoms with Crippen molar-refractivity contribution in [2.24, 2.45) is 5.73 Å². The van der Waals surface area contributed by atoms with Gasteiger partial charge in [-0.05, 0) is 13.8 Å². The Hall–Kier alpha value is -1.03. The van der Waals surface area contributed by atoms with Crippen molar-refractivity contribution in [1.29, 1.82) is 0 Å². The summed E-state index contributed by atoms with van der Waals surface area (Å²) in [6, 6.07) is 2.34. The SMILES string of the molecule is CNc1cc(CN)nn1C(C)C. The van der Waals surface area contributed by atoms with Gasteiger partial charge in [0.05, 0.1) is 5.69 Å². The smallest absolute Gasteiger partial charge is 0.124 e. The molecule has 0 radical (unpaired) electrons. The van der Waals surface area contributed by atoms with Crippen LogP contribution in [0.2, 0.25) is 0 Å². The summed E-state index contributed by atoms with van der Waals surface area (Å²) in [5, 5.41) is 7.40. The van der Waals surface area contributed by atoms with E-state index in [2.05, 4.69) is 24.3 Å². The first kappa shape index (κ1) is 9.06. The Bertz CT molecular complexity index is 252. The topological polar surface area (TPSA) is 55.9 Å². The van der Waals surface area contributed by atoms with Crippen molar-refractivity contribution in [2.75, 3.05) is 12.4 Å². The Morgan fingerprint density at radius 3 is 2.67 bits per heavy atom. The van der Waals surface area contributed by atoms with Crippen LogP contribution in [-0.4, -0.2) is 16.8 Å². The third-order valence-electron chi connectivity index (χ3n) is 1.74. The van der Waals surface area contributed by atoms with Crippen LogP contribution < -0.4 is 11.1 Å². The number of hydrogen-bond acceptors (Lipinski definition) is 3. The van der Waals surface area contributed by atoms with Gasteiger partial charge in [-0.2, -0.15) is 5.10 Å². The van der Waals surface area contributed by atoms with Crippen molar-refractivity contribution in [2.45, 2.75) is 26.4 Å². The maximum absolute atomic E-state index is 5.48. The molecule has 0 aromatic carbocycles. The molecule has 3 N–H and O–H groups in total. The van der Waals surface area contributed by atoms with Crippen molar-refractivity contribution >= 4 is 5.82 Å². The van der Waals surface area contributed by atoms with Crippen molar-refractivity contribution in [1.82, 2.24) is 9.78 Å². The molecule has 68 valence electrons. The molecular weight excluding hydrogens is 152 g/mol. The van der Waals surface area contributed by atoms with Crippen molar-refractivity contribution < 1.29 is 0 Å². The van der Waals surface area contributed by atoms with Crippen LogP contribution in [0, 0.1) is 0 Å². The molecule has 12 heavy (non-hydrogen) atoms. The van der Waals surface area contributed by atoms with Crippen LogP contribution in [0.5, 0.6) is 0 Å². The van der Waals surface area contributed by atoms with E-state index in [1.54, 1.807) is 0 Å². The van der Waals surface area contributed by atoms with Crippen LogP contribution in [0.3, 0.4) is 0 Å². The lowest BCUT2D eigenvalue weighted by atomic mass is 10.4. The normalized spacial score (nSPS) is 10.8. The summed E-state index contributed by atoms with van der Waals surface area (Å²) >= 11 is 0. The lowest BCUT2D eigenvalue weighted by molar-refractivity contribution is 0.533. The molecular formula is C8H16N4. The van der Waals surface area contributed by atoms with Gasteiger partial charge in [-0.15, -0.1) is 0 Å². The van der Waals surface area contributed by atoms with Crippen molar-refractivity contribution in [3.63, 3.8) is 0 Å². The van der Waals surface area contributed by atoms with E-state index in [4.69, 9.17) is 5.73 Å². The minimum Gasteiger partial charge on any atom is -0.373 e. The zero-order valence-electron chi connectivity index (χ0n) is 7.83. The van der Waals surface area contributed by atoms with Gasteiger partial charge in [-0.1, -0.05) is 0 Å². The second-order valence-corrected chi connectivity index (χ2v) is 3.01. The maximum Gasteiger partial charge on any atom is 0.124 e. The number of aromatic nitrogens is 2. The largest absolute Gasteiger partial charge is 0.373 e. The minimum absolute atomic E-state index is 0.368. The quantitative estimate of drug-likeness (QED) is 0.707. The van der Waals surface area contributed by atoms with Crippen molar-refractivity contribution in [3.8, 4) is 0 Å². The third-order valence-corrected chi connectivity index (χ3v) is 1.74. The average Bonchev–Trinajstić information content (AvgIpc) is 2.47. The van der Waals surface area contributed by atoms with Gasteiger partial charge in [0.25, 0.3) is 0 Å². The summed E-state index contributed by atoms with van der Waals surface area (Å²) < 4.78 is 1.93. The minimum atomic E-state index is 0.368. The molecule has 1 heterocycles. The van der Waals surface area contributed by atoms with E-state index in [0.717, 1.165) is 11.5 Å². The van der Waals surface area contributed by atoms with Crippen LogP contribution in [-0.2, 0) is 6.54 Å². The average molecular weight is 168 g/mol. The molecule has 0 aliphatic heterocycles. The van der Waals surface area contributed by atoms with Crippen LogP contribution in [0.4, 0.5) is 5.82 Å². The number of nitrogens with two attached hydrogens (primary N) is 1. The molecule has 0 aliphatic carbocycles. The maximum atomic E-state index is 5.48. The molecule has 0 bridgehead atoms. The highest BCUT2D eigenvalue weighted by molar-refractivity contribution is 5.36. The lowest BCUT2D eigenvalue weighted by Crippen LogP contribution is -2.07. The van der Waals surface area contributed by atoms with E-state index in [9.17, 15) is 0 Å². The first-order valence-corrected chi connectivity index (χ1v) is 4.15. The van der Waals surface area contributed by atoms with Gasteiger partial charge in [0.1, 0.15) is 5.82 Å². The number of nitrogens with one attached hydrogen (secondary N) is 1. The van der Waals surface area contributed by atoms with Crippen LogP contribution >= 0.6 is 0 Å². The molecule has 0 atom stereocenters. The fraction of sp³-hybridized carbons (Fsp3) is 0.625. The molecule has 1 rings (SSSR count). The van der Waals surface area contributed by atoms with Crippen molar-refractivity contribution in [3.05, 3.63) is 11.8 Å². The number of rotatable bonds is 3. The second kappa shape index (κ2) is 3.58. The molecule has 1 aromatic heterocycles. The molecule has 0 amide bonds. The summed E-state index contributed by atoms with van der Waals surface area (Å²) in [7, 11) is 1.89. The Morgan fingerprint density at radius 1 is 1.67 bits per heavy atom. The second-order valence-electron chi connectivity index (χ2n) is 3.01. The van der Waals surface area contributed by atoms with Gasteiger partial charge < -0.3 is 11.1 Å². The van der Waals surface area contributed by atoms with Gasteiger partial charge in [0, 0.05) is 25.7 Å². The predicted molar refractivity (Wildman–Crippen MR) is 50.1 cm³/mol.